The van der Waals surface area contributed by atoms with Crippen molar-refractivity contribution in [3.05, 3.63) is 41.7 Å². The Morgan fingerprint density at radius 3 is 2.59 bits per heavy atom. The largest absolute Gasteiger partial charge is 0.212 e. The van der Waals surface area contributed by atoms with E-state index >= 15 is 0 Å². The third kappa shape index (κ3) is 3.13. The first kappa shape index (κ1) is 15.7. The Kier molecular flexibility index (Phi) is 4.98. The van der Waals surface area contributed by atoms with Crippen molar-refractivity contribution in [1.82, 2.24) is 14.9 Å². The van der Waals surface area contributed by atoms with Gasteiger partial charge in [-0.1, -0.05) is 55.3 Å². The van der Waals surface area contributed by atoms with E-state index in [2.05, 4.69) is 39.6 Å². The number of hydrogen-bond acceptors (Lipinski definition) is 4. The Hall–Kier alpha value is -1.14. The summed E-state index contributed by atoms with van der Waals surface area (Å²) in [5.74, 6) is 1.63. The SMILES string of the molecule is Br.c1cc(C2CCCCC2)ccc1C1=Nn2cnnc2SC1. The van der Waals surface area contributed by atoms with Gasteiger partial charge in [0.25, 0.3) is 0 Å². The average Bonchev–Trinajstić information content (AvgIpc) is 3.03. The molecule has 0 N–H and O–H groups in total. The Balaban J connectivity index is 0.00000144. The van der Waals surface area contributed by atoms with Crippen molar-refractivity contribution in [3.63, 3.8) is 0 Å². The second kappa shape index (κ2) is 6.96. The molecular weight excluding hydrogens is 360 g/mol. The summed E-state index contributed by atoms with van der Waals surface area (Å²) in [6.07, 6.45) is 8.53. The number of halogens is 1. The minimum atomic E-state index is 0. The van der Waals surface area contributed by atoms with Crippen molar-refractivity contribution in [2.75, 3.05) is 5.75 Å². The zero-order valence-corrected chi connectivity index (χ0v) is 14.8. The maximum Gasteiger partial charge on any atom is 0.212 e. The van der Waals surface area contributed by atoms with Gasteiger partial charge in [-0.15, -0.1) is 27.2 Å². The number of fused-ring (bicyclic) bond motifs is 1. The van der Waals surface area contributed by atoms with E-state index in [0.717, 1.165) is 22.5 Å². The van der Waals surface area contributed by atoms with Crippen LogP contribution in [0.25, 0.3) is 0 Å². The first-order valence-corrected chi connectivity index (χ1v) is 8.60. The van der Waals surface area contributed by atoms with Crippen LogP contribution in [-0.4, -0.2) is 26.3 Å². The highest BCUT2D eigenvalue weighted by Crippen LogP contribution is 2.33. The Bertz CT molecular complexity index is 659. The highest BCUT2D eigenvalue weighted by Gasteiger charge is 2.18. The molecule has 0 radical (unpaired) electrons. The molecule has 0 unspecified atom stereocenters. The molecule has 0 bridgehead atoms. The molecule has 22 heavy (non-hydrogen) atoms. The van der Waals surface area contributed by atoms with Gasteiger partial charge < -0.3 is 0 Å². The first-order chi connectivity index (χ1) is 10.4. The van der Waals surface area contributed by atoms with Crippen LogP contribution >= 0.6 is 28.7 Å². The summed E-state index contributed by atoms with van der Waals surface area (Å²) in [4.78, 5) is 0. The topological polar surface area (TPSA) is 43.1 Å². The van der Waals surface area contributed by atoms with Crippen molar-refractivity contribution in [3.8, 4) is 0 Å². The number of benzene rings is 1. The van der Waals surface area contributed by atoms with E-state index in [1.165, 1.54) is 43.2 Å². The van der Waals surface area contributed by atoms with Crippen LogP contribution in [0.1, 0.15) is 49.1 Å². The summed E-state index contributed by atoms with van der Waals surface area (Å²) < 4.78 is 1.76. The number of hydrogen-bond donors (Lipinski definition) is 0. The molecule has 0 amide bonds. The van der Waals surface area contributed by atoms with Crippen LogP contribution in [0, 0.1) is 0 Å². The van der Waals surface area contributed by atoms with E-state index < -0.39 is 0 Å². The Morgan fingerprint density at radius 2 is 1.82 bits per heavy atom. The van der Waals surface area contributed by atoms with Crippen LogP contribution in [0.15, 0.2) is 40.9 Å². The monoisotopic (exact) mass is 378 g/mol. The predicted molar refractivity (Wildman–Crippen MR) is 95.3 cm³/mol. The maximum absolute atomic E-state index is 4.61. The second-order valence-corrected chi connectivity index (χ2v) is 6.69. The molecule has 116 valence electrons. The van der Waals surface area contributed by atoms with E-state index in [4.69, 9.17) is 0 Å². The summed E-state index contributed by atoms with van der Waals surface area (Å²) in [6, 6.07) is 9.03. The van der Waals surface area contributed by atoms with Gasteiger partial charge in [0.2, 0.25) is 5.16 Å². The van der Waals surface area contributed by atoms with Crippen molar-refractivity contribution in [2.45, 2.75) is 43.2 Å². The second-order valence-electron chi connectivity index (χ2n) is 5.75. The number of thioether (sulfide) groups is 1. The lowest BCUT2D eigenvalue weighted by Crippen LogP contribution is -2.13. The fourth-order valence-electron chi connectivity index (χ4n) is 3.20. The minimum absolute atomic E-state index is 0. The standard InChI is InChI=1S/C16H18N4S.BrH/c1-2-4-12(5-3-1)13-6-8-14(9-7-13)15-10-21-16-18-17-11-20(16)19-15;/h6-9,11-12H,1-5,10H2;1H. The number of nitrogens with zero attached hydrogens (tertiary/aromatic N) is 4. The zero-order chi connectivity index (χ0) is 14.1. The van der Waals surface area contributed by atoms with E-state index in [-0.39, 0.29) is 17.0 Å². The van der Waals surface area contributed by atoms with Crippen LogP contribution in [0.5, 0.6) is 0 Å². The van der Waals surface area contributed by atoms with Crippen LogP contribution in [0.3, 0.4) is 0 Å². The molecule has 0 spiro atoms. The van der Waals surface area contributed by atoms with Crippen molar-refractivity contribution < 1.29 is 0 Å². The van der Waals surface area contributed by atoms with Crippen molar-refractivity contribution in [1.29, 1.82) is 0 Å². The molecule has 6 heteroatoms. The lowest BCUT2D eigenvalue weighted by Gasteiger charge is -2.22. The Labute approximate surface area is 145 Å². The molecule has 0 saturated heterocycles. The first-order valence-electron chi connectivity index (χ1n) is 7.61. The van der Waals surface area contributed by atoms with Gasteiger partial charge in [0.05, 0.1) is 5.71 Å². The average molecular weight is 379 g/mol. The van der Waals surface area contributed by atoms with E-state index in [1.807, 2.05) is 0 Å². The Morgan fingerprint density at radius 1 is 1.05 bits per heavy atom. The van der Waals surface area contributed by atoms with Gasteiger partial charge in [-0.05, 0) is 29.9 Å². The van der Waals surface area contributed by atoms with Gasteiger partial charge >= 0.3 is 0 Å². The molecule has 2 aliphatic rings. The predicted octanol–water partition coefficient (Wildman–Crippen LogP) is 4.26. The lowest BCUT2D eigenvalue weighted by atomic mass is 9.84. The van der Waals surface area contributed by atoms with Gasteiger partial charge in [0.15, 0.2) is 0 Å². The molecule has 1 saturated carbocycles. The molecular formula is C16H19BrN4S. The third-order valence-electron chi connectivity index (χ3n) is 4.39. The molecule has 2 heterocycles. The summed E-state index contributed by atoms with van der Waals surface area (Å²) in [5, 5.41) is 13.4. The van der Waals surface area contributed by atoms with Crippen molar-refractivity contribution in [2.24, 2.45) is 5.10 Å². The lowest BCUT2D eigenvalue weighted by molar-refractivity contribution is 0.443. The molecule has 1 aliphatic heterocycles. The fraction of sp³-hybridized carbons (Fsp3) is 0.438. The highest BCUT2D eigenvalue weighted by atomic mass is 79.9. The molecule has 1 aromatic heterocycles. The van der Waals surface area contributed by atoms with E-state index in [9.17, 15) is 0 Å². The third-order valence-corrected chi connectivity index (χ3v) is 5.33. The van der Waals surface area contributed by atoms with Crippen molar-refractivity contribution >= 4 is 34.5 Å². The van der Waals surface area contributed by atoms with Crippen LogP contribution in [0.4, 0.5) is 0 Å². The molecule has 1 aliphatic carbocycles. The normalized spacial score (nSPS) is 18.3. The maximum atomic E-state index is 4.61. The van der Waals surface area contributed by atoms with Crippen LogP contribution in [-0.2, 0) is 0 Å². The molecule has 2 aromatic rings. The summed E-state index contributed by atoms with van der Waals surface area (Å²) in [5.41, 5.74) is 3.80. The molecule has 1 aromatic carbocycles. The van der Waals surface area contributed by atoms with Gasteiger partial charge in [-0.2, -0.15) is 9.78 Å². The smallest absolute Gasteiger partial charge is 0.194 e. The molecule has 0 atom stereocenters. The molecule has 4 nitrogen and oxygen atoms in total. The van der Waals surface area contributed by atoms with Gasteiger partial charge in [0, 0.05) is 5.75 Å². The minimum Gasteiger partial charge on any atom is -0.194 e. The van der Waals surface area contributed by atoms with Gasteiger partial charge in [0.1, 0.15) is 6.33 Å². The fourth-order valence-corrected chi connectivity index (χ4v) is 4.01. The number of aromatic nitrogens is 3. The van der Waals surface area contributed by atoms with E-state index in [1.54, 1.807) is 22.8 Å². The zero-order valence-electron chi connectivity index (χ0n) is 12.3. The van der Waals surface area contributed by atoms with E-state index in [0.29, 0.717) is 0 Å². The van der Waals surface area contributed by atoms with Gasteiger partial charge in [-0.3, -0.25) is 0 Å². The molecule has 4 rings (SSSR count). The molecule has 1 fully saturated rings. The summed E-state index contributed by atoms with van der Waals surface area (Å²) in [6.45, 7) is 0. The number of rotatable bonds is 2. The van der Waals surface area contributed by atoms with Crippen LogP contribution in [0.2, 0.25) is 0 Å². The quantitative estimate of drug-likeness (QED) is 0.783. The van der Waals surface area contributed by atoms with Gasteiger partial charge in [-0.25, -0.2) is 0 Å². The van der Waals surface area contributed by atoms with Crippen LogP contribution < -0.4 is 0 Å². The summed E-state index contributed by atoms with van der Waals surface area (Å²) >= 11 is 1.69. The summed E-state index contributed by atoms with van der Waals surface area (Å²) in [7, 11) is 0. The highest BCUT2D eigenvalue weighted by molar-refractivity contribution is 8.93.